The SMILES string of the molecule is C=CCO[C@H](COCCCCCCCCCCCCCCCCCC)COP(=O)(O)OC[C@@]1(C#N)O[C@@H](c2ccc3c(N)ncnn23)[C@H](O)[C@@H]1O. The molecule has 2 aromatic heterocycles. The van der Waals surface area contributed by atoms with Gasteiger partial charge in [0.25, 0.3) is 0 Å². The number of phosphoric acid groups is 1. The van der Waals surface area contributed by atoms with Crippen molar-refractivity contribution in [3.8, 4) is 6.07 Å². The van der Waals surface area contributed by atoms with Crippen LogP contribution in [-0.2, 0) is 27.8 Å². The van der Waals surface area contributed by atoms with Crippen molar-refractivity contribution < 1.29 is 42.9 Å². The summed E-state index contributed by atoms with van der Waals surface area (Å²) in [5.41, 5.74) is 4.40. The molecule has 6 atom stereocenters. The predicted octanol–water partition coefficient (Wildman–Crippen LogP) is 6.35. The van der Waals surface area contributed by atoms with Crippen LogP contribution in [0.3, 0.4) is 0 Å². The molecule has 0 aliphatic carbocycles. The zero-order chi connectivity index (χ0) is 37.0. The third-order valence-electron chi connectivity index (χ3n) is 9.20. The molecule has 0 aromatic carbocycles. The number of ether oxygens (including phenoxy) is 3. The van der Waals surface area contributed by atoms with E-state index in [0.29, 0.717) is 12.1 Å². The van der Waals surface area contributed by atoms with Gasteiger partial charge in [-0.2, -0.15) is 10.4 Å². The summed E-state index contributed by atoms with van der Waals surface area (Å²) in [4.78, 5) is 14.3. The number of aromatic nitrogens is 3. The summed E-state index contributed by atoms with van der Waals surface area (Å²) < 4.78 is 41.6. The van der Waals surface area contributed by atoms with Crippen molar-refractivity contribution in [3.63, 3.8) is 0 Å². The first-order valence-corrected chi connectivity index (χ1v) is 20.1. The van der Waals surface area contributed by atoms with Crippen LogP contribution in [0.5, 0.6) is 0 Å². The van der Waals surface area contributed by atoms with E-state index in [2.05, 4.69) is 23.6 Å². The normalized spacial score (nSPS) is 22.2. The van der Waals surface area contributed by atoms with E-state index < -0.39 is 44.4 Å². The van der Waals surface area contributed by atoms with Crippen molar-refractivity contribution in [3.05, 3.63) is 36.8 Å². The van der Waals surface area contributed by atoms with E-state index in [0.717, 1.165) is 19.3 Å². The molecule has 1 aliphatic rings. The molecular weight excluding hydrogens is 677 g/mol. The van der Waals surface area contributed by atoms with Crippen LogP contribution in [0.4, 0.5) is 5.82 Å². The predicted molar refractivity (Wildman–Crippen MR) is 194 cm³/mol. The summed E-state index contributed by atoms with van der Waals surface area (Å²) in [7, 11) is -4.76. The summed E-state index contributed by atoms with van der Waals surface area (Å²) in [6, 6.07) is 4.94. The molecule has 0 spiro atoms. The number of fused-ring (bicyclic) bond motifs is 1. The molecule has 14 nitrogen and oxygen atoms in total. The van der Waals surface area contributed by atoms with Gasteiger partial charge in [0.1, 0.15) is 48.9 Å². The Kier molecular flexibility index (Phi) is 19.6. The molecule has 5 N–H and O–H groups in total. The van der Waals surface area contributed by atoms with E-state index in [-0.39, 0.29) is 31.3 Å². The van der Waals surface area contributed by atoms with Gasteiger partial charge in [0, 0.05) is 6.61 Å². The monoisotopic (exact) mass is 737 g/mol. The minimum absolute atomic E-state index is 0.129. The molecule has 1 saturated heterocycles. The number of hydrogen-bond acceptors (Lipinski definition) is 12. The Morgan fingerprint density at radius 1 is 1.02 bits per heavy atom. The van der Waals surface area contributed by atoms with Gasteiger partial charge < -0.3 is 35.1 Å². The standard InChI is InChI=1S/C36H60N5O9P/c1-3-5-6-7-8-9-10-11-12-13-14-15-16-17-18-19-23-46-24-29(47-22-4-2)25-48-51(44,45)49-27-36(26-37)34(43)32(42)33(50-36)30-20-21-31-35(38)39-28-40-41(30)31/h4,20-21,28-29,32-34,42-43H,2-3,5-19,22-25,27H2,1H3,(H,44,45)(H2,38,39,40)/t29-,32+,33+,34+,36-/m1/s1. The highest BCUT2D eigenvalue weighted by Crippen LogP contribution is 2.47. The molecular formula is C36H60N5O9P. The van der Waals surface area contributed by atoms with Crippen LogP contribution < -0.4 is 5.73 Å². The zero-order valence-electron chi connectivity index (χ0n) is 30.3. The summed E-state index contributed by atoms with van der Waals surface area (Å²) in [6.07, 6.45) is 18.1. The molecule has 0 bridgehead atoms. The molecule has 3 rings (SSSR count). The van der Waals surface area contributed by atoms with Crippen molar-refractivity contribution in [1.29, 1.82) is 5.26 Å². The highest BCUT2D eigenvalue weighted by molar-refractivity contribution is 7.47. The van der Waals surface area contributed by atoms with Crippen molar-refractivity contribution in [1.82, 2.24) is 14.6 Å². The van der Waals surface area contributed by atoms with Gasteiger partial charge in [-0.05, 0) is 18.6 Å². The number of unbranched alkanes of at least 4 members (excludes halogenated alkanes) is 15. The van der Waals surface area contributed by atoms with Crippen molar-refractivity contribution in [2.75, 3.05) is 38.8 Å². The lowest BCUT2D eigenvalue weighted by molar-refractivity contribution is -0.0773. The fourth-order valence-corrected chi connectivity index (χ4v) is 6.97. The van der Waals surface area contributed by atoms with Crippen LogP contribution >= 0.6 is 7.82 Å². The first kappa shape index (κ1) is 43.0. The van der Waals surface area contributed by atoms with Crippen molar-refractivity contribution >= 4 is 19.2 Å². The number of nitrogens with two attached hydrogens (primary N) is 1. The Bertz CT molecular complexity index is 1370. The Morgan fingerprint density at radius 3 is 2.22 bits per heavy atom. The second-order valence-corrected chi connectivity index (χ2v) is 14.8. The quantitative estimate of drug-likeness (QED) is 0.0409. The molecule has 3 heterocycles. The van der Waals surface area contributed by atoms with Gasteiger partial charge in [-0.15, -0.1) is 6.58 Å². The van der Waals surface area contributed by atoms with Crippen LogP contribution in [0.2, 0.25) is 0 Å². The molecule has 0 amide bonds. The van der Waals surface area contributed by atoms with Crippen LogP contribution in [0.1, 0.15) is 121 Å². The molecule has 1 unspecified atom stereocenters. The lowest BCUT2D eigenvalue weighted by atomic mass is 9.96. The summed E-state index contributed by atoms with van der Waals surface area (Å²) in [5.74, 6) is 0.179. The largest absolute Gasteiger partial charge is 0.472 e. The minimum atomic E-state index is -4.76. The number of nitriles is 1. The topological polar surface area (TPSA) is 204 Å². The fraction of sp³-hybridized carbons (Fsp3) is 0.750. The molecule has 288 valence electrons. The maximum Gasteiger partial charge on any atom is 0.472 e. The summed E-state index contributed by atoms with van der Waals surface area (Å²) in [6.45, 7) is 5.51. The first-order chi connectivity index (χ1) is 24.7. The summed E-state index contributed by atoms with van der Waals surface area (Å²) in [5, 5.41) is 35.6. The molecule has 0 radical (unpaired) electrons. The van der Waals surface area contributed by atoms with Gasteiger partial charge in [-0.25, -0.2) is 14.1 Å². The average molecular weight is 738 g/mol. The lowest BCUT2D eigenvalue weighted by Gasteiger charge is -2.25. The fourth-order valence-electron chi connectivity index (χ4n) is 6.18. The molecule has 51 heavy (non-hydrogen) atoms. The second kappa shape index (κ2) is 23.3. The number of rotatable bonds is 29. The number of nitrogens with zero attached hydrogens (tertiary/aromatic N) is 4. The maximum atomic E-state index is 12.8. The van der Waals surface area contributed by atoms with Gasteiger partial charge in [0.05, 0.1) is 25.5 Å². The van der Waals surface area contributed by atoms with Crippen molar-refractivity contribution in [2.45, 2.75) is 140 Å². The third-order valence-corrected chi connectivity index (χ3v) is 10.1. The molecule has 2 aromatic rings. The Hall–Kier alpha value is -2.44. The van der Waals surface area contributed by atoms with E-state index in [4.69, 9.17) is 29.0 Å². The lowest BCUT2D eigenvalue weighted by Crippen LogP contribution is -2.45. The minimum Gasteiger partial charge on any atom is -0.387 e. The smallest absolute Gasteiger partial charge is 0.387 e. The van der Waals surface area contributed by atoms with Crippen LogP contribution in [0, 0.1) is 11.3 Å². The number of phosphoric ester groups is 1. The Balaban J connectivity index is 1.31. The Labute approximate surface area is 302 Å². The number of aliphatic hydroxyl groups excluding tert-OH is 2. The number of anilines is 1. The van der Waals surface area contributed by atoms with E-state index in [1.165, 1.54) is 94.3 Å². The van der Waals surface area contributed by atoms with E-state index in [1.54, 1.807) is 24.3 Å². The second-order valence-electron chi connectivity index (χ2n) is 13.3. The highest BCUT2D eigenvalue weighted by atomic mass is 31.2. The number of nitrogen functional groups attached to an aromatic ring is 1. The van der Waals surface area contributed by atoms with Crippen LogP contribution in [0.15, 0.2) is 31.1 Å². The molecule has 15 heteroatoms. The number of hydrogen-bond donors (Lipinski definition) is 4. The van der Waals surface area contributed by atoms with Crippen LogP contribution in [0.25, 0.3) is 5.52 Å². The molecule has 1 fully saturated rings. The Morgan fingerprint density at radius 2 is 1.63 bits per heavy atom. The van der Waals surface area contributed by atoms with E-state index in [9.17, 15) is 24.9 Å². The summed E-state index contributed by atoms with van der Waals surface area (Å²) >= 11 is 0. The van der Waals surface area contributed by atoms with Gasteiger partial charge in [0.15, 0.2) is 5.82 Å². The first-order valence-electron chi connectivity index (χ1n) is 18.6. The van der Waals surface area contributed by atoms with Gasteiger partial charge >= 0.3 is 7.82 Å². The zero-order valence-corrected chi connectivity index (χ0v) is 31.2. The average Bonchev–Trinajstić information content (AvgIpc) is 3.67. The molecule has 0 saturated carbocycles. The highest BCUT2D eigenvalue weighted by Gasteiger charge is 2.57. The van der Waals surface area contributed by atoms with Crippen LogP contribution in [-0.4, -0.2) is 86.7 Å². The van der Waals surface area contributed by atoms with Gasteiger partial charge in [-0.1, -0.05) is 109 Å². The van der Waals surface area contributed by atoms with Gasteiger partial charge in [0.2, 0.25) is 5.60 Å². The van der Waals surface area contributed by atoms with E-state index >= 15 is 0 Å². The maximum absolute atomic E-state index is 12.8. The van der Waals surface area contributed by atoms with E-state index in [1.807, 2.05) is 0 Å². The van der Waals surface area contributed by atoms with Crippen molar-refractivity contribution in [2.24, 2.45) is 0 Å². The number of aliphatic hydroxyl groups is 2. The molecule has 1 aliphatic heterocycles. The third kappa shape index (κ3) is 14.1. The van der Waals surface area contributed by atoms with Gasteiger partial charge in [-0.3, -0.25) is 9.05 Å².